The monoisotopic (exact) mass is 268 g/mol. The molecule has 3 heteroatoms. The second kappa shape index (κ2) is 7.05. The van der Waals surface area contributed by atoms with E-state index in [0.29, 0.717) is 12.6 Å². The van der Waals surface area contributed by atoms with Crippen LogP contribution in [-0.2, 0) is 0 Å². The maximum atomic E-state index is 9.85. The van der Waals surface area contributed by atoms with E-state index >= 15 is 0 Å². The maximum absolute atomic E-state index is 9.85. The highest BCUT2D eigenvalue weighted by Crippen LogP contribution is 2.35. The predicted molar refractivity (Wildman–Crippen MR) is 80.3 cm³/mol. The van der Waals surface area contributed by atoms with Crippen molar-refractivity contribution in [2.45, 2.75) is 70.4 Å². The van der Waals surface area contributed by atoms with Gasteiger partial charge in [0.2, 0.25) is 0 Å². The van der Waals surface area contributed by atoms with Gasteiger partial charge in [-0.15, -0.1) is 0 Å². The summed E-state index contributed by atoms with van der Waals surface area (Å²) in [5.74, 6) is 0.967. The van der Waals surface area contributed by atoms with E-state index in [-0.39, 0.29) is 5.54 Å². The molecule has 0 bridgehead atoms. The van der Waals surface area contributed by atoms with Crippen LogP contribution in [0.3, 0.4) is 0 Å². The molecule has 2 unspecified atom stereocenters. The lowest BCUT2D eigenvalue weighted by Crippen LogP contribution is -2.56. The summed E-state index contributed by atoms with van der Waals surface area (Å²) in [7, 11) is 0. The topological polar surface area (TPSA) is 35.5 Å². The molecule has 0 aromatic carbocycles. The van der Waals surface area contributed by atoms with Crippen molar-refractivity contribution in [2.24, 2.45) is 5.92 Å². The van der Waals surface area contributed by atoms with Crippen LogP contribution in [0.1, 0.15) is 58.8 Å². The number of hydrogen-bond donors (Lipinski definition) is 2. The Morgan fingerprint density at radius 2 is 2.05 bits per heavy atom. The Morgan fingerprint density at radius 3 is 2.63 bits per heavy atom. The van der Waals surface area contributed by atoms with Gasteiger partial charge in [-0.1, -0.05) is 13.8 Å². The van der Waals surface area contributed by atoms with E-state index in [0.717, 1.165) is 38.3 Å². The molecule has 0 spiro atoms. The predicted octanol–water partition coefficient (Wildman–Crippen LogP) is 2.39. The Bertz CT molecular complexity index is 267. The fourth-order valence-electron chi connectivity index (χ4n) is 3.56. The number of rotatable bonds is 8. The molecule has 2 N–H and O–H groups in total. The van der Waals surface area contributed by atoms with Crippen molar-refractivity contribution in [2.75, 3.05) is 26.2 Å². The second-order valence-electron chi connectivity index (χ2n) is 6.65. The second-order valence-corrected chi connectivity index (χ2v) is 6.65. The number of hydrogen-bond acceptors (Lipinski definition) is 3. The number of aliphatic hydroxyl groups excluding tert-OH is 1. The molecule has 2 fully saturated rings. The van der Waals surface area contributed by atoms with E-state index in [1.54, 1.807) is 0 Å². The first kappa shape index (κ1) is 15.3. The highest BCUT2D eigenvalue weighted by molar-refractivity contribution is 4.97. The summed E-state index contributed by atoms with van der Waals surface area (Å²) in [4.78, 5) is 2.68. The van der Waals surface area contributed by atoms with E-state index in [1.807, 2.05) is 0 Å². The average molecular weight is 268 g/mol. The van der Waals surface area contributed by atoms with E-state index in [2.05, 4.69) is 24.1 Å². The Hall–Kier alpha value is -0.120. The fraction of sp³-hybridized carbons (Fsp3) is 1.00. The highest BCUT2D eigenvalue weighted by atomic mass is 16.3. The van der Waals surface area contributed by atoms with E-state index in [1.165, 1.54) is 32.2 Å². The minimum Gasteiger partial charge on any atom is -0.394 e. The molecule has 19 heavy (non-hydrogen) atoms. The van der Waals surface area contributed by atoms with Crippen LogP contribution in [0.25, 0.3) is 0 Å². The third kappa shape index (κ3) is 4.17. The standard InChI is InChI=1S/C16H32N2O/c1-3-10-17-16(13-19)9-5-6-15(11-16)18(4-2)12-14-7-8-14/h14-15,17,19H,3-13H2,1-2H3. The summed E-state index contributed by atoms with van der Waals surface area (Å²) < 4.78 is 0. The summed E-state index contributed by atoms with van der Waals surface area (Å²) >= 11 is 0. The lowest BCUT2D eigenvalue weighted by atomic mass is 9.78. The van der Waals surface area contributed by atoms with Gasteiger partial charge in [0.25, 0.3) is 0 Å². The quantitative estimate of drug-likeness (QED) is 0.709. The molecule has 2 rings (SSSR count). The molecule has 0 aromatic heterocycles. The lowest BCUT2D eigenvalue weighted by Gasteiger charge is -2.44. The molecular weight excluding hydrogens is 236 g/mol. The summed E-state index contributed by atoms with van der Waals surface area (Å²) in [6, 6.07) is 0.677. The smallest absolute Gasteiger partial charge is 0.0613 e. The van der Waals surface area contributed by atoms with Gasteiger partial charge in [0.1, 0.15) is 0 Å². The van der Waals surface area contributed by atoms with Crippen LogP contribution in [0.4, 0.5) is 0 Å². The Balaban J connectivity index is 1.92. The first-order chi connectivity index (χ1) is 9.23. The van der Waals surface area contributed by atoms with Gasteiger partial charge in [-0.05, 0) is 64.0 Å². The van der Waals surface area contributed by atoms with Crippen LogP contribution in [-0.4, -0.2) is 47.8 Å². The first-order valence-electron chi connectivity index (χ1n) is 8.33. The SMILES string of the molecule is CCCNC1(CO)CCCC(N(CC)CC2CC2)C1. The minimum atomic E-state index is -0.00407. The van der Waals surface area contributed by atoms with Crippen molar-refractivity contribution in [3.05, 3.63) is 0 Å². The zero-order chi connectivity index (χ0) is 13.7. The van der Waals surface area contributed by atoms with Crippen LogP contribution in [0.2, 0.25) is 0 Å². The molecule has 0 aliphatic heterocycles. The molecule has 0 radical (unpaired) electrons. The Kier molecular flexibility index (Phi) is 5.67. The summed E-state index contributed by atoms with van der Waals surface area (Å²) in [5, 5.41) is 13.5. The van der Waals surface area contributed by atoms with Crippen LogP contribution < -0.4 is 5.32 Å². The van der Waals surface area contributed by atoms with Gasteiger partial charge in [0.05, 0.1) is 6.61 Å². The van der Waals surface area contributed by atoms with Crippen LogP contribution in [0.15, 0.2) is 0 Å². The molecule has 2 saturated carbocycles. The summed E-state index contributed by atoms with van der Waals surface area (Å²) in [5.41, 5.74) is -0.00407. The fourth-order valence-corrected chi connectivity index (χ4v) is 3.56. The van der Waals surface area contributed by atoms with Crippen LogP contribution >= 0.6 is 0 Å². The van der Waals surface area contributed by atoms with Crippen molar-refractivity contribution in [1.29, 1.82) is 0 Å². The van der Waals surface area contributed by atoms with Gasteiger partial charge in [-0.25, -0.2) is 0 Å². The molecule has 0 aromatic rings. The molecule has 2 aliphatic carbocycles. The van der Waals surface area contributed by atoms with Crippen molar-refractivity contribution in [3.63, 3.8) is 0 Å². The third-order valence-corrected chi connectivity index (χ3v) is 4.98. The van der Waals surface area contributed by atoms with Gasteiger partial charge in [-0.2, -0.15) is 0 Å². The molecule has 0 amide bonds. The molecule has 3 nitrogen and oxygen atoms in total. The van der Waals surface area contributed by atoms with Gasteiger partial charge < -0.3 is 15.3 Å². The number of aliphatic hydroxyl groups is 1. The first-order valence-corrected chi connectivity index (χ1v) is 8.33. The summed E-state index contributed by atoms with van der Waals surface area (Å²) in [6.07, 6.45) is 8.85. The van der Waals surface area contributed by atoms with Crippen molar-refractivity contribution in [3.8, 4) is 0 Å². The van der Waals surface area contributed by atoms with Gasteiger partial charge in [0.15, 0.2) is 0 Å². The van der Waals surface area contributed by atoms with Gasteiger partial charge in [0, 0.05) is 18.1 Å². The number of nitrogens with zero attached hydrogens (tertiary/aromatic N) is 1. The van der Waals surface area contributed by atoms with Crippen LogP contribution in [0.5, 0.6) is 0 Å². The third-order valence-electron chi connectivity index (χ3n) is 4.98. The van der Waals surface area contributed by atoms with Crippen molar-refractivity contribution in [1.82, 2.24) is 10.2 Å². The lowest BCUT2D eigenvalue weighted by molar-refractivity contribution is 0.0594. The minimum absolute atomic E-state index is 0.00407. The molecule has 0 heterocycles. The van der Waals surface area contributed by atoms with E-state index < -0.39 is 0 Å². The molecule has 0 saturated heterocycles. The average Bonchev–Trinajstić information content (AvgIpc) is 3.27. The zero-order valence-electron chi connectivity index (χ0n) is 12.8. The molecule has 2 atom stereocenters. The molecular formula is C16H32N2O. The Labute approximate surface area is 118 Å². The maximum Gasteiger partial charge on any atom is 0.0613 e. The number of nitrogens with one attached hydrogen (secondary N) is 1. The van der Waals surface area contributed by atoms with Gasteiger partial charge >= 0.3 is 0 Å². The molecule has 2 aliphatic rings. The highest BCUT2D eigenvalue weighted by Gasteiger charge is 2.38. The van der Waals surface area contributed by atoms with Crippen LogP contribution in [0, 0.1) is 5.92 Å². The van der Waals surface area contributed by atoms with Crippen molar-refractivity contribution >= 4 is 0 Å². The Morgan fingerprint density at radius 1 is 1.26 bits per heavy atom. The zero-order valence-corrected chi connectivity index (χ0v) is 12.8. The molecule has 112 valence electrons. The largest absolute Gasteiger partial charge is 0.394 e. The van der Waals surface area contributed by atoms with Gasteiger partial charge in [-0.3, -0.25) is 0 Å². The van der Waals surface area contributed by atoms with Crippen molar-refractivity contribution < 1.29 is 5.11 Å². The normalized spacial score (nSPS) is 31.9. The van der Waals surface area contributed by atoms with E-state index in [4.69, 9.17) is 0 Å². The van der Waals surface area contributed by atoms with E-state index in [9.17, 15) is 5.11 Å². The summed E-state index contributed by atoms with van der Waals surface area (Å²) in [6.45, 7) is 8.26.